The molecule has 0 aliphatic rings. The highest BCUT2D eigenvalue weighted by molar-refractivity contribution is 6.32. The minimum absolute atomic E-state index is 0.0895. The second-order valence-electron chi connectivity index (χ2n) is 24.5. The molecule has 0 N–H and O–H groups in total. The fourth-order valence-corrected chi connectivity index (χ4v) is 13.2. The summed E-state index contributed by atoms with van der Waals surface area (Å²) in [4.78, 5) is 2.65. The average Bonchev–Trinajstić information content (AvgIpc) is 1.50. The zero-order chi connectivity index (χ0) is 83.2. The van der Waals surface area contributed by atoms with Crippen molar-refractivity contribution < 1.29 is 35.6 Å². The van der Waals surface area contributed by atoms with Gasteiger partial charge < -0.3 is 18.6 Å². The summed E-state index contributed by atoms with van der Waals surface area (Å²) in [7, 11) is 0. The minimum Gasteiger partial charge on any atom is -0.309 e. The number of hydrogen-bond acceptors (Lipinski definition) is 2. The molecule has 0 bridgehead atoms. The number of aromatic nitrogens is 2. The van der Waals surface area contributed by atoms with Gasteiger partial charge in [0.1, 0.15) is 0 Å². The van der Waals surface area contributed by atoms with E-state index in [2.05, 4.69) is 0 Å². The molecule has 430 valence electrons. The Kier molecular flexibility index (Phi) is 7.42. The molecule has 13 aromatic carbocycles. The monoisotopic (exact) mass is 1180 g/mol. The van der Waals surface area contributed by atoms with Crippen LogP contribution < -0.4 is 9.80 Å². The Morgan fingerprint density at radius 1 is 0.278 bits per heavy atom. The molecule has 4 heterocycles. The van der Waals surface area contributed by atoms with E-state index in [1.807, 2.05) is 98.9 Å². The van der Waals surface area contributed by atoms with Gasteiger partial charge in [0.15, 0.2) is 0 Å². The van der Waals surface area contributed by atoms with Crippen LogP contribution in [0.5, 0.6) is 0 Å². The predicted octanol–water partition coefficient (Wildman–Crippen LogP) is 24.2. The van der Waals surface area contributed by atoms with Gasteiger partial charge in [-0.25, -0.2) is 0 Å². The Labute approximate surface area is 561 Å². The molecule has 4 nitrogen and oxygen atoms in total. The number of fused-ring (bicyclic) bond motifs is 12. The van der Waals surface area contributed by atoms with Gasteiger partial charge >= 0.3 is 0 Å². The van der Waals surface area contributed by atoms with Crippen molar-refractivity contribution in [1.82, 2.24) is 8.80 Å². The van der Waals surface area contributed by atoms with Crippen molar-refractivity contribution in [2.45, 2.75) is 52.4 Å². The summed E-state index contributed by atoms with van der Waals surface area (Å²) >= 11 is 0. The van der Waals surface area contributed by atoms with E-state index in [4.69, 9.17) is 8.22 Å². The van der Waals surface area contributed by atoms with Gasteiger partial charge in [0.2, 0.25) is 0 Å². The molecule has 0 fully saturated rings. The van der Waals surface area contributed by atoms with E-state index in [0.717, 1.165) is 11.1 Å². The summed E-state index contributed by atoms with van der Waals surface area (Å²) in [5.74, 6) is 0. The van der Waals surface area contributed by atoms with Crippen LogP contribution >= 0.6 is 0 Å². The summed E-state index contributed by atoms with van der Waals surface area (Å²) in [5.41, 5.74) is 0.507. The first-order chi connectivity index (χ1) is 54.8. The molecule has 0 saturated carbocycles. The number of nitrogens with zero attached hydrogens (tertiary/aromatic N) is 4. The van der Waals surface area contributed by atoms with Crippen LogP contribution in [-0.4, -0.2) is 8.80 Å². The van der Waals surface area contributed by atoms with Gasteiger partial charge in [-0.15, -0.1) is 0 Å². The van der Waals surface area contributed by atoms with Gasteiger partial charge in [-0.2, -0.15) is 0 Å². The molecular formula is C86H66N4. The predicted molar refractivity (Wildman–Crippen MR) is 384 cm³/mol. The van der Waals surface area contributed by atoms with Crippen molar-refractivity contribution in [3.63, 3.8) is 0 Å². The first-order valence-electron chi connectivity index (χ1n) is 42.5. The second-order valence-corrected chi connectivity index (χ2v) is 24.5. The van der Waals surface area contributed by atoms with E-state index in [1.54, 1.807) is 84.9 Å². The van der Waals surface area contributed by atoms with Gasteiger partial charge in [-0.1, -0.05) is 259 Å². The van der Waals surface area contributed by atoms with Crippen LogP contribution in [0, 0.1) is 0 Å². The quantitative estimate of drug-likeness (QED) is 0.136. The molecule has 0 amide bonds. The maximum absolute atomic E-state index is 10.2. The summed E-state index contributed by atoms with van der Waals surface area (Å²) in [5, 5.41) is 4.40. The molecule has 0 aliphatic carbocycles. The lowest BCUT2D eigenvalue weighted by atomic mass is 9.86. The molecule has 0 saturated heterocycles. The fraction of sp³-hybridized carbons (Fsp3) is 0.0930. The molecule has 0 atom stereocenters. The number of hydrogen-bond donors (Lipinski definition) is 0. The van der Waals surface area contributed by atoms with E-state index in [9.17, 15) is 27.4 Å². The highest BCUT2D eigenvalue weighted by Gasteiger charge is 2.32. The first-order valence-corrected chi connectivity index (χ1v) is 29.5. The lowest BCUT2D eigenvalue weighted by molar-refractivity contribution is 0.591. The van der Waals surface area contributed by atoms with Crippen LogP contribution in [0.2, 0.25) is 0 Å². The molecule has 17 aromatic rings. The SMILES string of the molecule is [2H]c1c([2H])c([2H])c(-c2c([2H])c([2H])c([2H])c([2H])c2N(c2c([2H])c([2H])c([2H])c([2H])c2-c2ccccc2)c2ccc3c4cc5c(cc4n4c6ccc(C(C)(C)C)cc6c2c34)c2ccc(N(c3c([2H])c([2H])c([2H])c([2H])c3-c3ccccc3)c3c([2H])c([2H])c([2H])c([2H])c3-c3c([2H])c([2H])c([2H])c([2H])c3[2H])c3c4cc(C(C)(C)C)ccc4n5c23)c([2H])c1[2H]. The Hall–Kier alpha value is -10.9. The van der Waals surface area contributed by atoms with Crippen LogP contribution in [-0.2, 0) is 10.8 Å². The molecule has 4 aromatic heterocycles. The number of para-hydroxylation sites is 4. The molecule has 4 heteroatoms. The maximum atomic E-state index is 10.2. The molecule has 0 spiro atoms. The maximum Gasteiger partial charge on any atom is 0.0645 e. The summed E-state index contributed by atoms with van der Waals surface area (Å²) in [6.45, 7) is 12.2. The first kappa shape index (κ1) is 32.9. The average molecular weight is 1180 g/mol. The summed E-state index contributed by atoms with van der Waals surface area (Å²) < 4.78 is 250. The van der Waals surface area contributed by atoms with Crippen molar-refractivity contribution in [3.8, 4) is 44.5 Å². The number of benzene rings is 13. The van der Waals surface area contributed by atoms with Crippen LogP contribution in [0.1, 0.15) is 88.3 Å². The molecular weight excluding hydrogens is 1090 g/mol. The van der Waals surface area contributed by atoms with Crippen molar-refractivity contribution in [1.29, 1.82) is 0 Å². The van der Waals surface area contributed by atoms with Crippen molar-refractivity contribution >= 4 is 110 Å². The van der Waals surface area contributed by atoms with Crippen LogP contribution in [0.3, 0.4) is 0 Å². The van der Waals surface area contributed by atoms with E-state index in [0.29, 0.717) is 76.2 Å². The third-order valence-corrected chi connectivity index (χ3v) is 17.4. The Balaban J connectivity index is 1.06. The second kappa shape index (κ2) is 20.3. The lowest BCUT2D eigenvalue weighted by Crippen LogP contribution is -2.13. The standard InChI is InChI=1S/C86H66N4/c1-85(2,3)59-43-47-75-69(51-59)81-77(87(71-39-23-19-35-61(71)55-27-11-7-12-28-55)72-40-24-20-36-62(72)56-29-13-8-14-30-56)49-45-65-67-54-80-68(53-79(67)89(75)83(65)81)66-46-50-78(82-70-52-60(86(4,5)6)44-48-76(70)90(80)84(66)82)88(73-41-25-21-37-63(73)57-31-15-9-16-32-57)74-42-26-22-38-64(74)58-33-17-10-18-34-58/h7-54H,1-6H3/i7D,9D,11D,12D,15D,16D,19D,20D,21D,22D,23D,24D,25D,26D,27D,28D,31D,32D,35D,36D,37D,38D,39D,40D,41D,42D. The van der Waals surface area contributed by atoms with Crippen LogP contribution in [0.15, 0.2) is 291 Å². The van der Waals surface area contributed by atoms with Crippen LogP contribution in [0.4, 0.5) is 34.1 Å². The van der Waals surface area contributed by atoms with E-state index >= 15 is 0 Å². The zero-order valence-electron chi connectivity index (χ0n) is 75.5. The highest BCUT2D eigenvalue weighted by Crippen LogP contribution is 2.55. The van der Waals surface area contributed by atoms with E-state index < -0.39 is 202 Å². The highest BCUT2D eigenvalue weighted by atomic mass is 15.2. The molecule has 0 radical (unpaired) electrons. The topological polar surface area (TPSA) is 15.3 Å². The Morgan fingerprint density at radius 2 is 0.611 bits per heavy atom. The van der Waals surface area contributed by atoms with Gasteiger partial charge in [-0.05, 0) is 117 Å². The van der Waals surface area contributed by atoms with Crippen molar-refractivity contribution in [3.05, 3.63) is 302 Å². The molecule has 0 unspecified atom stereocenters. The smallest absolute Gasteiger partial charge is 0.0645 e. The minimum atomic E-state index is -0.831. The van der Waals surface area contributed by atoms with Gasteiger partial charge in [-0.3, -0.25) is 0 Å². The third-order valence-electron chi connectivity index (χ3n) is 17.4. The Bertz CT molecular complexity index is 6760. The van der Waals surface area contributed by atoms with Gasteiger partial charge in [0, 0.05) is 65.3 Å². The zero-order valence-corrected chi connectivity index (χ0v) is 49.5. The summed E-state index contributed by atoms with van der Waals surface area (Å²) in [6, 6.07) is 19.8. The van der Waals surface area contributed by atoms with Crippen LogP contribution in [0.25, 0.3) is 121 Å². The summed E-state index contributed by atoms with van der Waals surface area (Å²) in [6.07, 6.45) is 0. The Morgan fingerprint density at radius 3 is 0.967 bits per heavy atom. The fourth-order valence-electron chi connectivity index (χ4n) is 13.2. The van der Waals surface area contributed by atoms with Crippen molar-refractivity contribution in [2.75, 3.05) is 9.80 Å². The van der Waals surface area contributed by atoms with E-state index in [1.165, 1.54) is 9.80 Å². The largest absolute Gasteiger partial charge is 0.309 e. The third kappa shape index (κ3) is 8.21. The number of anilines is 6. The van der Waals surface area contributed by atoms with Crippen molar-refractivity contribution in [2.24, 2.45) is 0 Å². The van der Waals surface area contributed by atoms with E-state index in [-0.39, 0.29) is 45.0 Å². The normalized spacial score (nSPS) is 16.4. The lowest BCUT2D eigenvalue weighted by Gasteiger charge is -2.30. The number of rotatable bonds is 10. The molecule has 0 aliphatic heterocycles. The molecule has 17 rings (SSSR count). The van der Waals surface area contributed by atoms with Gasteiger partial charge in [0.05, 0.1) is 103 Å². The van der Waals surface area contributed by atoms with Gasteiger partial charge in [0.25, 0.3) is 0 Å². The molecule has 90 heavy (non-hydrogen) atoms.